The number of methoxy groups -OCH3 is 1. The molecule has 0 saturated carbocycles. The summed E-state index contributed by atoms with van der Waals surface area (Å²) >= 11 is 0. The number of pyridine rings is 1. The molecular weight excluding hydrogens is 463 g/mol. The lowest BCUT2D eigenvalue weighted by molar-refractivity contribution is -0.274. The van der Waals surface area contributed by atoms with Crippen LogP contribution in [0.4, 0.5) is 19.0 Å². The molecule has 10 heteroatoms. The standard InChI is InChI=1S/C25H22F3N3O4/c1-15(24(32)33)8-19-10-18(11-20(12-29)23(19)34-2)17-6-7-22(31-14-17)30-13-16-4-3-5-21(9-16)35-25(26,27)28/h3-7,9-11,14-15H,8,13H2,1-2H3,(H,30,31)(H,32,33). The first-order valence-electron chi connectivity index (χ1n) is 10.5. The third kappa shape index (κ3) is 6.86. The van der Waals surface area contributed by atoms with Gasteiger partial charge in [0.1, 0.15) is 23.4 Å². The first kappa shape index (κ1) is 25.4. The van der Waals surface area contributed by atoms with Crippen LogP contribution in [0.25, 0.3) is 11.1 Å². The van der Waals surface area contributed by atoms with Crippen molar-refractivity contribution in [1.82, 2.24) is 4.98 Å². The maximum atomic E-state index is 12.4. The Balaban J connectivity index is 1.78. The zero-order valence-corrected chi connectivity index (χ0v) is 18.9. The highest BCUT2D eigenvalue weighted by atomic mass is 19.4. The average molecular weight is 485 g/mol. The largest absolute Gasteiger partial charge is 0.573 e. The molecule has 0 aliphatic heterocycles. The molecule has 0 aliphatic carbocycles. The minimum Gasteiger partial charge on any atom is -0.495 e. The number of ether oxygens (including phenoxy) is 2. The first-order chi connectivity index (χ1) is 16.6. The Morgan fingerprint density at radius 2 is 1.97 bits per heavy atom. The van der Waals surface area contributed by atoms with Crippen LogP contribution in [0.3, 0.4) is 0 Å². The van der Waals surface area contributed by atoms with E-state index in [4.69, 9.17) is 4.74 Å². The van der Waals surface area contributed by atoms with E-state index in [9.17, 15) is 28.3 Å². The van der Waals surface area contributed by atoms with Gasteiger partial charge in [0, 0.05) is 18.3 Å². The number of carboxylic acids is 1. The highest BCUT2D eigenvalue weighted by Gasteiger charge is 2.31. The molecule has 2 aromatic carbocycles. The Labute approximate surface area is 199 Å². The molecule has 35 heavy (non-hydrogen) atoms. The zero-order valence-electron chi connectivity index (χ0n) is 18.9. The highest BCUT2D eigenvalue weighted by molar-refractivity contribution is 5.72. The molecule has 0 fully saturated rings. The van der Waals surface area contributed by atoms with Gasteiger partial charge in [0.25, 0.3) is 0 Å². The van der Waals surface area contributed by atoms with Crippen LogP contribution < -0.4 is 14.8 Å². The summed E-state index contributed by atoms with van der Waals surface area (Å²) in [5.41, 5.74) is 2.81. The van der Waals surface area contributed by atoms with E-state index >= 15 is 0 Å². The number of nitriles is 1. The van der Waals surface area contributed by atoms with E-state index in [-0.39, 0.29) is 24.3 Å². The van der Waals surface area contributed by atoms with Crippen LogP contribution in [0, 0.1) is 17.2 Å². The number of alkyl halides is 3. The number of rotatable bonds is 9. The number of carboxylic acid groups (broad SMARTS) is 1. The summed E-state index contributed by atoms with van der Waals surface area (Å²) in [6, 6.07) is 14.6. The molecule has 0 spiro atoms. The molecule has 1 aromatic heterocycles. The Morgan fingerprint density at radius 3 is 2.57 bits per heavy atom. The van der Waals surface area contributed by atoms with Gasteiger partial charge in [0.05, 0.1) is 18.6 Å². The van der Waals surface area contributed by atoms with Crippen molar-refractivity contribution in [2.45, 2.75) is 26.3 Å². The summed E-state index contributed by atoms with van der Waals surface area (Å²) < 4.78 is 46.5. The monoisotopic (exact) mass is 485 g/mol. The second-order valence-corrected chi connectivity index (χ2v) is 7.75. The van der Waals surface area contributed by atoms with Crippen molar-refractivity contribution >= 4 is 11.8 Å². The number of hydrogen-bond donors (Lipinski definition) is 2. The predicted molar refractivity (Wildman–Crippen MR) is 122 cm³/mol. The van der Waals surface area contributed by atoms with Crippen molar-refractivity contribution in [1.29, 1.82) is 5.26 Å². The van der Waals surface area contributed by atoms with Gasteiger partial charge < -0.3 is 19.9 Å². The Morgan fingerprint density at radius 1 is 1.20 bits per heavy atom. The fourth-order valence-electron chi connectivity index (χ4n) is 3.46. The normalized spacial score (nSPS) is 11.9. The van der Waals surface area contributed by atoms with Gasteiger partial charge in [-0.15, -0.1) is 13.2 Å². The zero-order chi connectivity index (χ0) is 25.6. The number of hydrogen-bond acceptors (Lipinski definition) is 6. The smallest absolute Gasteiger partial charge is 0.495 e. The number of aromatic nitrogens is 1. The predicted octanol–water partition coefficient (Wildman–Crippen LogP) is 5.40. The third-order valence-corrected chi connectivity index (χ3v) is 5.14. The number of aliphatic carboxylic acids is 1. The van der Waals surface area contributed by atoms with E-state index in [1.54, 1.807) is 43.5 Å². The van der Waals surface area contributed by atoms with Crippen molar-refractivity contribution in [2.24, 2.45) is 5.92 Å². The Hall–Kier alpha value is -4.26. The number of carbonyl (C=O) groups is 1. The van der Waals surface area contributed by atoms with Gasteiger partial charge in [0.2, 0.25) is 0 Å². The van der Waals surface area contributed by atoms with Crippen LogP contribution in [0.15, 0.2) is 54.7 Å². The molecule has 1 heterocycles. The Kier molecular flexibility index (Phi) is 7.81. The van der Waals surface area contributed by atoms with Crippen LogP contribution in [-0.4, -0.2) is 29.5 Å². The summed E-state index contributed by atoms with van der Waals surface area (Å²) in [4.78, 5) is 15.7. The van der Waals surface area contributed by atoms with Crippen molar-refractivity contribution < 1.29 is 32.5 Å². The van der Waals surface area contributed by atoms with Crippen LogP contribution in [0.2, 0.25) is 0 Å². The molecule has 0 amide bonds. The van der Waals surface area contributed by atoms with E-state index in [1.165, 1.54) is 25.3 Å². The van der Waals surface area contributed by atoms with Gasteiger partial charge in [-0.1, -0.05) is 19.1 Å². The van der Waals surface area contributed by atoms with E-state index < -0.39 is 18.2 Å². The lowest BCUT2D eigenvalue weighted by Crippen LogP contribution is -2.17. The number of anilines is 1. The Bertz CT molecular complexity index is 1240. The van der Waals surface area contributed by atoms with Gasteiger partial charge in [-0.25, -0.2) is 4.98 Å². The van der Waals surface area contributed by atoms with Crippen molar-refractivity contribution in [3.8, 4) is 28.7 Å². The van der Waals surface area contributed by atoms with Crippen molar-refractivity contribution in [3.05, 3.63) is 71.4 Å². The van der Waals surface area contributed by atoms with E-state index in [0.29, 0.717) is 33.8 Å². The van der Waals surface area contributed by atoms with E-state index in [2.05, 4.69) is 21.1 Å². The number of benzene rings is 2. The van der Waals surface area contributed by atoms with Crippen LogP contribution >= 0.6 is 0 Å². The summed E-state index contributed by atoms with van der Waals surface area (Å²) in [5, 5.41) is 21.9. The van der Waals surface area contributed by atoms with E-state index in [0.717, 1.165) is 0 Å². The van der Waals surface area contributed by atoms with Crippen LogP contribution in [-0.2, 0) is 17.8 Å². The van der Waals surface area contributed by atoms with Gasteiger partial charge in [-0.3, -0.25) is 4.79 Å². The second kappa shape index (κ2) is 10.8. The first-order valence-corrected chi connectivity index (χ1v) is 10.5. The number of nitrogens with one attached hydrogen (secondary N) is 1. The molecule has 1 atom stereocenters. The maximum Gasteiger partial charge on any atom is 0.573 e. The topological polar surface area (TPSA) is 104 Å². The SMILES string of the molecule is COc1c(C#N)cc(-c2ccc(NCc3cccc(OC(F)(F)F)c3)nc2)cc1CC(C)C(=O)O. The maximum absolute atomic E-state index is 12.4. The number of nitrogens with zero attached hydrogens (tertiary/aromatic N) is 2. The fourth-order valence-corrected chi connectivity index (χ4v) is 3.46. The quantitative estimate of drug-likeness (QED) is 0.418. The van der Waals surface area contributed by atoms with Gasteiger partial charge in [0.15, 0.2) is 0 Å². The fraction of sp³-hybridized carbons (Fsp3) is 0.240. The summed E-state index contributed by atoms with van der Waals surface area (Å²) in [6.07, 6.45) is -2.99. The summed E-state index contributed by atoms with van der Waals surface area (Å²) in [7, 11) is 1.43. The minimum absolute atomic E-state index is 0.186. The molecule has 3 aromatic rings. The summed E-state index contributed by atoms with van der Waals surface area (Å²) in [6.45, 7) is 1.80. The molecule has 182 valence electrons. The molecule has 0 bridgehead atoms. The average Bonchev–Trinajstić information content (AvgIpc) is 2.81. The lowest BCUT2D eigenvalue weighted by atomic mass is 9.94. The summed E-state index contributed by atoms with van der Waals surface area (Å²) in [5.74, 6) is -1.10. The number of halogens is 3. The molecule has 0 saturated heterocycles. The minimum atomic E-state index is -4.76. The lowest BCUT2D eigenvalue weighted by Gasteiger charge is -2.15. The molecule has 2 N–H and O–H groups in total. The van der Waals surface area contributed by atoms with Crippen LogP contribution in [0.5, 0.6) is 11.5 Å². The second-order valence-electron chi connectivity index (χ2n) is 7.75. The van der Waals surface area contributed by atoms with Gasteiger partial charge >= 0.3 is 12.3 Å². The van der Waals surface area contributed by atoms with Gasteiger partial charge in [-0.05, 0) is 59.5 Å². The highest BCUT2D eigenvalue weighted by Crippen LogP contribution is 2.32. The molecular formula is C25H22F3N3O4. The molecule has 7 nitrogen and oxygen atoms in total. The van der Waals surface area contributed by atoms with Crippen molar-refractivity contribution in [3.63, 3.8) is 0 Å². The molecule has 0 radical (unpaired) electrons. The van der Waals surface area contributed by atoms with Gasteiger partial charge in [-0.2, -0.15) is 5.26 Å². The third-order valence-electron chi connectivity index (χ3n) is 5.14. The van der Waals surface area contributed by atoms with Crippen LogP contribution in [0.1, 0.15) is 23.6 Å². The van der Waals surface area contributed by atoms with E-state index in [1.807, 2.05) is 0 Å². The molecule has 0 aliphatic rings. The molecule has 3 rings (SSSR count). The molecule has 1 unspecified atom stereocenters. The van der Waals surface area contributed by atoms with Crippen molar-refractivity contribution in [2.75, 3.05) is 12.4 Å².